The third-order valence-corrected chi connectivity index (χ3v) is 5.67. The average molecular weight is 421 g/mol. The molecule has 7 nitrogen and oxygen atoms in total. The van der Waals surface area contributed by atoms with Gasteiger partial charge in [0.1, 0.15) is 5.82 Å². The number of Topliss-reactive ketones (excluding diaryl/α,β-unsaturated/α-hetero) is 1. The Labute approximate surface area is 177 Å². The molecule has 0 fully saturated rings. The topological polar surface area (TPSA) is 113 Å². The number of hydrogen-bond acceptors (Lipinski definition) is 6. The van der Waals surface area contributed by atoms with Gasteiger partial charge in [-0.3, -0.25) is 19.8 Å². The molecule has 2 aromatic rings. The SMILES string of the molecule is N#CC1=C(N)N(c2cccc([N+](=O)[O-])c2)C2=C(C(=O)CCC2)[C@@H]1c1ccc(Cl)cc1. The van der Waals surface area contributed by atoms with E-state index in [1.54, 1.807) is 41.3 Å². The van der Waals surface area contributed by atoms with Crippen LogP contribution in [0.1, 0.15) is 30.7 Å². The summed E-state index contributed by atoms with van der Waals surface area (Å²) >= 11 is 6.02. The van der Waals surface area contributed by atoms with Crippen LogP contribution in [0.2, 0.25) is 5.02 Å². The van der Waals surface area contributed by atoms with Crippen molar-refractivity contribution in [1.29, 1.82) is 5.26 Å². The molecular formula is C22H17ClN4O3. The van der Waals surface area contributed by atoms with Gasteiger partial charge in [-0.05, 0) is 36.6 Å². The fourth-order valence-corrected chi connectivity index (χ4v) is 4.24. The quantitative estimate of drug-likeness (QED) is 0.575. The number of nitrogens with two attached hydrogens (primary N) is 1. The zero-order chi connectivity index (χ0) is 21.4. The maximum absolute atomic E-state index is 13.0. The average Bonchev–Trinajstić information content (AvgIpc) is 2.74. The minimum absolute atomic E-state index is 0.0492. The highest BCUT2D eigenvalue weighted by Gasteiger charge is 2.40. The molecule has 1 aliphatic carbocycles. The number of anilines is 1. The Balaban J connectivity index is 1.95. The number of nitro groups is 1. The second-order valence-corrected chi connectivity index (χ2v) is 7.58. The Kier molecular flexibility index (Phi) is 5.02. The van der Waals surface area contributed by atoms with Gasteiger partial charge in [0.05, 0.1) is 28.2 Å². The maximum atomic E-state index is 13.0. The van der Waals surface area contributed by atoms with Crippen LogP contribution in [0.15, 0.2) is 71.2 Å². The van der Waals surface area contributed by atoms with Gasteiger partial charge in [0.2, 0.25) is 0 Å². The van der Waals surface area contributed by atoms with Crippen molar-refractivity contribution < 1.29 is 9.72 Å². The lowest BCUT2D eigenvalue weighted by molar-refractivity contribution is -0.384. The number of nitriles is 1. The summed E-state index contributed by atoms with van der Waals surface area (Å²) in [4.78, 5) is 25.4. The summed E-state index contributed by atoms with van der Waals surface area (Å²) in [6.45, 7) is 0. The Morgan fingerprint density at radius 2 is 1.93 bits per heavy atom. The number of nitrogens with zero attached hydrogens (tertiary/aromatic N) is 3. The van der Waals surface area contributed by atoms with Crippen molar-refractivity contribution in [3.8, 4) is 6.07 Å². The predicted molar refractivity (Wildman–Crippen MR) is 112 cm³/mol. The summed E-state index contributed by atoms with van der Waals surface area (Å²) in [6, 6.07) is 15.2. The standard InChI is InChI=1S/C22H17ClN4O3/c23-14-9-7-13(8-10-14)20-17(12-24)22(25)26(18-5-2-6-19(28)21(18)20)15-3-1-4-16(11-15)27(29)30/h1,3-4,7-11,20H,2,5-6,25H2/t20-/m1/s1. The van der Waals surface area contributed by atoms with Gasteiger partial charge in [-0.25, -0.2) is 0 Å². The van der Waals surface area contributed by atoms with Crippen LogP contribution in [0.25, 0.3) is 0 Å². The van der Waals surface area contributed by atoms with Crippen LogP contribution < -0.4 is 10.6 Å². The van der Waals surface area contributed by atoms with E-state index >= 15 is 0 Å². The minimum atomic E-state index is -0.593. The van der Waals surface area contributed by atoms with Crippen molar-refractivity contribution >= 4 is 28.8 Å². The van der Waals surface area contributed by atoms with Crippen LogP contribution in [0.4, 0.5) is 11.4 Å². The number of nitro benzene ring substituents is 1. The van der Waals surface area contributed by atoms with Gasteiger partial charge in [0.15, 0.2) is 5.78 Å². The lowest BCUT2D eigenvalue weighted by atomic mass is 9.75. The first-order valence-electron chi connectivity index (χ1n) is 9.38. The summed E-state index contributed by atoms with van der Waals surface area (Å²) in [7, 11) is 0. The third kappa shape index (κ3) is 3.21. The fraction of sp³-hybridized carbons (Fsp3) is 0.182. The van der Waals surface area contributed by atoms with E-state index in [1.165, 1.54) is 12.1 Å². The van der Waals surface area contributed by atoms with E-state index in [1.807, 2.05) is 0 Å². The van der Waals surface area contributed by atoms with Crippen molar-refractivity contribution in [3.05, 3.63) is 91.9 Å². The first-order valence-corrected chi connectivity index (χ1v) is 9.76. The number of hydrogen-bond donors (Lipinski definition) is 1. The van der Waals surface area contributed by atoms with Crippen molar-refractivity contribution in [2.75, 3.05) is 4.90 Å². The molecule has 0 radical (unpaired) electrons. The molecule has 0 spiro atoms. The summed E-state index contributed by atoms with van der Waals surface area (Å²) < 4.78 is 0. The predicted octanol–water partition coefficient (Wildman–Crippen LogP) is 4.55. The van der Waals surface area contributed by atoms with E-state index in [-0.39, 0.29) is 22.9 Å². The molecule has 0 amide bonds. The lowest BCUT2D eigenvalue weighted by Crippen LogP contribution is -2.38. The summed E-state index contributed by atoms with van der Waals surface area (Å²) in [5, 5.41) is 21.7. The Morgan fingerprint density at radius 3 is 2.60 bits per heavy atom. The van der Waals surface area contributed by atoms with Crippen molar-refractivity contribution in [2.24, 2.45) is 5.73 Å². The van der Waals surface area contributed by atoms with E-state index in [0.29, 0.717) is 41.2 Å². The summed E-state index contributed by atoms with van der Waals surface area (Å²) in [5.41, 5.74) is 8.98. The van der Waals surface area contributed by atoms with Crippen molar-refractivity contribution in [2.45, 2.75) is 25.2 Å². The number of allylic oxidation sites excluding steroid dienone is 3. The lowest BCUT2D eigenvalue weighted by Gasteiger charge is -2.39. The molecule has 0 saturated heterocycles. The molecule has 0 unspecified atom stereocenters. The van der Waals surface area contributed by atoms with E-state index in [9.17, 15) is 20.2 Å². The molecule has 4 rings (SSSR count). The number of carbonyl (C=O) groups is 1. The van der Waals surface area contributed by atoms with Crippen LogP contribution in [0, 0.1) is 21.4 Å². The van der Waals surface area contributed by atoms with Crippen LogP contribution in [-0.2, 0) is 4.79 Å². The fourth-order valence-electron chi connectivity index (χ4n) is 4.12. The molecule has 2 aromatic carbocycles. The van der Waals surface area contributed by atoms with E-state index < -0.39 is 10.8 Å². The first-order chi connectivity index (χ1) is 14.4. The van der Waals surface area contributed by atoms with Crippen LogP contribution in [-0.4, -0.2) is 10.7 Å². The molecule has 0 bridgehead atoms. The zero-order valence-corrected chi connectivity index (χ0v) is 16.6. The molecule has 2 N–H and O–H groups in total. The Morgan fingerprint density at radius 1 is 1.20 bits per heavy atom. The Bertz CT molecular complexity index is 1160. The van der Waals surface area contributed by atoms with Gasteiger partial charge in [-0.1, -0.05) is 29.8 Å². The van der Waals surface area contributed by atoms with Gasteiger partial charge in [0.25, 0.3) is 5.69 Å². The highest BCUT2D eigenvalue weighted by Crippen LogP contribution is 2.46. The largest absolute Gasteiger partial charge is 0.384 e. The molecule has 30 heavy (non-hydrogen) atoms. The van der Waals surface area contributed by atoms with Crippen molar-refractivity contribution in [3.63, 3.8) is 0 Å². The molecule has 150 valence electrons. The number of carbonyl (C=O) groups excluding carboxylic acids is 1. The van der Waals surface area contributed by atoms with Crippen LogP contribution >= 0.6 is 11.6 Å². The van der Waals surface area contributed by atoms with Gasteiger partial charge in [-0.15, -0.1) is 0 Å². The summed E-state index contributed by atoms with van der Waals surface area (Å²) in [5.74, 6) is -0.469. The van der Waals surface area contributed by atoms with Gasteiger partial charge < -0.3 is 5.73 Å². The van der Waals surface area contributed by atoms with Crippen molar-refractivity contribution in [1.82, 2.24) is 0 Å². The highest BCUT2D eigenvalue weighted by atomic mass is 35.5. The smallest absolute Gasteiger partial charge is 0.271 e. The molecule has 2 aliphatic rings. The van der Waals surface area contributed by atoms with E-state index in [4.69, 9.17) is 17.3 Å². The Hall–Kier alpha value is -3.63. The monoisotopic (exact) mass is 420 g/mol. The van der Waals surface area contributed by atoms with Crippen LogP contribution in [0.5, 0.6) is 0 Å². The van der Waals surface area contributed by atoms with Gasteiger partial charge in [-0.2, -0.15) is 5.26 Å². The van der Waals surface area contributed by atoms with Crippen LogP contribution in [0.3, 0.4) is 0 Å². The molecule has 1 heterocycles. The van der Waals surface area contributed by atoms with E-state index in [0.717, 1.165) is 5.56 Å². The summed E-state index contributed by atoms with van der Waals surface area (Å²) in [6.07, 6.45) is 1.60. The third-order valence-electron chi connectivity index (χ3n) is 5.42. The van der Waals surface area contributed by atoms with Gasteiger partial charge in [0, 0.05) is 34.8 Å². The van der Waals surface area contributed by atoms with Gasteiger partial charge >= 0.3 is 0 Å². The number of non-ortho nitro benzene ring substituents is 1. The second kappa shape index (κ2) is 7.65. The maximum Gasteiger partial charge on any atom is 0.271 e. The number of ketones is 1. The zero-order valence-electron chi connectivity index (χ0n) is 15.8. The number of rotatable bonds is 3. The molecule has 1 aliphatic heterocycles. The second-order valence-electron chi connectivity index (χ2n) is 7.14. The number of benzene rings is 2. The normalized spacial score (nSPS) is 18.9. The molecule has 0 saturated carbocycles. The van der Waals surface area contributed by atoms with E-state index in [2.05, 4.69) is 6.07 Å². The first kappa shape index (κ1) is 19.7. The number of halogens is 1. The molecule has 0 aromatic heterocycles. The molecule has 8 heteroatoms. The molecule has 1 atom stereocenters. The minimum Gasteiger partial charge on any atom is -0.384 e. The molecular weight excluding hydrogens is 404 g/mol. The highest BCUT2D eigenvalue weighted by molar-refractivity contribution is 6.30.